The van der Waals surface area contributed by atoms with Crippen LogP contribution in [0.1, 0.15) is 21.1 Å². The zero-order chi connectivity index (χ0) is 14.8. The van der Waals surface area contributed by atoms with Crippen molar-refractivity contribution < 1.29 is 9.21 Å². The normalized spacial score (nSPS) is 10.7. The Hall–Kier alpha value is -2.47. The fourth-order valence-corrected chi connectivity index (χ4v) is 2.67. The molecule has 0 aliphatic heterocycles. The van der Waals surface area contributed by atoms with Gasteiger partial charge in [-0.25, -0.2) is 9.78 Å². The van der Waals surface area contributed by atoms with Gasteiger partial charge in [-0.3, -0.25) is 4.79 Å². The summed E-state index contributed by atoms with van der Waals surface area (Å²) in [5.74, 6) is -0.456. The number of aryl methyl sites for hydroxylation is 1. The predicted octanol–water partition coefficient (Wildman–Crippen LogP) is 2.49. The summed E-state index contributed by atoms with van der Waals surface area (Å²) < 4.78 is 5.14. The van der Waals surface area contributed by atoms with Crippen LogP contribution in [0.5, 0.6) is 0 Å². The highest BCUT2D eigenvalue weighted by Crippen LogP contribution is 2.13. The fourth-order valence-electron chi connectivity index (χ4n) is 1.96. The molecule has 0 fully saturated rings. The van der Waals surface area contributed by atoms with Crippen molar-refractivity contribution in [2.75, 3.05) is 0 Å². The van der Waals surface area contributed by atoms with Gasteiger partial charge in [-0.15, -0.1) is 11.3 Å². The predicted molar refractivity (Wildman–Crippen MR) is 80.5 cm³/mol. The van der Waals surface area contributed by atoms with Crippen LogP contribution >= 0.6 is 11.3 Å². The summed E-state index contributed by atoms with van der Waals surface area (Å²) >= 11 is 1.47. The van der Waals surface area contributed by atoms with Crippen molar-refractivity contribution >= 4 is 28.2 Å². The Morgan fingerprint density at radius 2 is 2.19 bits per heavy atom. The number of benzene rings is 1. The molecule has 1 aromatic carbocycles. The number of thiazole rings is 1. The van der Waals surface area contributed by atoms with Gasteiger partial charge in [0.2, 0.25) is 0 Å². The van der Waals surface area contributed by atoms with Crippen molar-refractivity contribution in [3.63, 3.8) is 0 Å². The molecule has 1 N–H and O–H groups in total. The monoisotopic (exact) mass is 300 g/mol. The first-order valence-corrected chi connectivity index (χ1v) is 7.23. The minimum absolute atomic E-state index is 0.00183. The summed E-state index contributed by atoms with van der Waals surface area (Å²) in [6, 6.07) is 8.62. The van der Waals surface area contributed by atoms with Crippen LogP contribution in [0.25, 0.3) is 11.0 Å². The molecule has 0 unspecified atom stereocenters. The van der Waals surface area contributed by atoms with E-state index in [4.69, 9.17) is 4.42 Å². The second-order valence-electron chi connectivity index (χ2n) is 4.55. The first kappa shape index (κ1) is 13.5. The van der Waals surface area contributed by atoms with Crippen LogP contribution in [0.3, 0.4) is 0 Å². The smallest absolute Gasteiger partial charge is 0.349 e. The number of aromatic nitrogens is 1. The molecule has 21 heavy (non-hydrogen) atoms. The number of carbonyl (C=O) groups is 1. The second-order valence-corrected chi connectivity index (χ2v) is 5.49. The number of para-hydroxylation sites is 1. The molecule has 106 valence electrons. The zero-order valence-electron chi connectivity index (χ0n) is 11.3. The number of fused-ring (bicyclic) bond motifs is 1. The molecule has 0 aliphatic rings. The Labute approximate surface area is 124 Å². The number of rotatable bonds is 3. The average molecular weight is 300 g/mol. The fraction of sp³-hybridized carbons (Fsp3) is 0.133. The van der Waals surface area contributed by atoms with Crippen LogP contribution in [-0.2, 0) is 6.54 Å². The van der Waals surface area contributed by atoms with E-state index in [0.717, 1.165) is 10.7 Å². The van der Waals surface area contributed by atoms with Gasteiger partial charge < -0.3 is 9.73 Å². The molecule has 5 nitrogen and oxygen atoms in total. The van der Waals surface area contributed by atoms with Gasteiger partial charge in [0.25, 0.3) is 5.91 Å². The maximum atomic E-state index is 12.1. The van der Waals surface area contributed by atoms with Crippen molar-refractivity contribution in [1.29, 1.82) is 0 Å². The SMILES string of the molecule is Cc1csc(CNC(=O)c2cc3ccccc3oc2=O)n1. The molecule has 0 bridgehead atoms. The Bertz CT molecular complexity index is 866. The van der Waals surface area contributed by atoms with Crippen LogP contribution in [0, 0.1) is 6.92 Å². The van der Waals surface area contributed by atoms with Crippen LogP contribution < -0.4 is 10.9 Å². The first-order chi connectivity index (χ1) is 10.1. The van der Waals surface area contributed by atoms with E-state index in [-0.39, 0.29) is 5.56 Å². The first-order valence-electron chi connectivity index (χ1n) is 6.35. The molecule has 3 aromatic rings. The van der Waals surface area contributed by atoms with Crippen LogP contribution in [-0.4, -0.2) is 10.9 Å². The molecular weight excluding hydrogens is 288 g/mol. The van der Waals surface area contributed by atoms with Gasteiger partial charge in [-0.05, 0) is 19.1 Å². The van der Waals surface area contributed by atoms with E-state index in [1.165, 1.54) is 11.3 Å². The Morgan fingerprint density at radius 1 is 1.38 bits per heavy atom. The molecule has 3 rings (SSSR count). The molecule has 0 atom stereocenters. The van der Waals surface area contributed by atoms with Gasteiger partial charge in [-0.1, -0.05) is 18.2 Å². The third-order valence-corrected chi connectivity index (χ3v) is 3.92. The van der Waals surface area contributed by atoms with Crippen molar-refractivity contribution in [1.82, 2.24) is 10.3 Å². The minimum atomic E-state index is -0.637. The highest BCUT2D eigenvalue weighted by Gasteiger charge is 2.13. The van der Waals surface area contributed by atoms with E-state index in [1.807, 2.05) is 18.4 Å². The molecule has 6 heteroatoms. The average Bonchev–Trinajstić information content (AvgIpc) is 2.89. The minimum Gasteiger partial charge on any atom is -0.422 e. The third kappa shape index (κ3) is 2.85. The van der Waals surface area contributed by atoms with Gasteiger partial charge in [0.05, 0.1) is 6.54 Å². The summed E-state index contributed by atoms with van der Waals surface area (Å²) in [7, 11) is 0. The maximum absolute atomic E-state index is 12.1. The molecule has 0 saturated heterocycles. The lowest BCUT2D eigenvalue weighted by molar-refractivity contribution is 0.0947. The molecule has 0 spiro atoms. The number of nitrogens with one attached hydrogen (secondary N) is 1. The molecule has 0 aliphatic carbocycles. The number of nitrogens with zero attached hydrogens (tertiary/aromatic N) is 1. The highest BCUT2D eigenvalue weighted by atomic mass is 32.1. The maximum Gasteiger partial charge on any atom is 0.349 e. The zero-order valence-corrected chi connectivity index (χ0v) is 12.1. The number of hydrogen-bond donors (Lipinski definition) is 1. The summed E-state index contributed by atoms with van der Waals surface area (Å²) in [6.07, 6.45) is 0. The largest absolute Gasteiger partial charge is 0.422 e. The molecule has 0 saturated carbocycles. The van der Waals surface area contributed by atoms with Crippen LogP contribution in [0.2, 0.25) is 0 Å². The quantitative estimate of drug-likeness (QED) is 0.754. The van der Waals surface area contributed by atoms with Crippen LogP contribution in [0.15, 0.2) is 44.9 Å². The van der Waals surface area contributed by atoms with E-state index in [1.54, 1.807) is 24.3 Å². The van der Waals surface area contributed by atoms with Crippen molar-refractivity contribution in [2.45, 2.75) is 13.5 Å². The van der Waals surface area contributed by atoms with Gasteiger partial charge in [-0.2, -0.15) is 0 Å². The van der Waals surface area contributed by atoms with E-state index in [0.29, 0.717) is 17.5 Å². The lowest BCUT2D eigenvalue weighted by Crippen LogP contribution is -2.27. The highest BCUT2D eigenvalue weighted by molar-refractivity contribution is 7.09. The topological polar surface area (TPSA) is 72.2 Å². The third-order valence-electron chi connectivity index (χ3n) is 2.95. The van der Waals surface area contributed by atoms with Gasteiger partial charge in [0, 0.05) is 16.5 Å². The lowest BCUT2D eigenvalue weighted by Gasteiger charge is -2.03. The van der Waals surface area contributed by atoms with Crippen molar-refractivity contribution in [3.8, 4) is 0 Å². The Kier molecular flexibility index (Phi) is 3.53. The van der Waals surface area contributed by atoms with Crippen molar-refractivity contribution in [3.05, 3.63) is 62.4 Å². The van der Waals surface area contributed by atoms with E-state index < -0.39 is 11.5 Å². The second kappa shape index (κ2) is 5.49. The number of amides is 1. The van der Waals surface area contributed by atoms with E-state index in [9.17, 15) is 9.59 Å². The van der Waals surface area contributed by atoms with Gasteiger partial charge >= 0.3 is 5.63 Å². The van der Waals surface area contributed by atoms with E-state index >= 15 is 0 Å². The molecule has 0 radical (unpaired) electrons. The van der Waals surface area contributed by atoms with Gasteiger partial charge in [0.1, 0.15) is 16.2 Å². The molecule has 2 aromatic heterocycles. The lowest BCUT2D eigenvalue weighted by atomic mass is 10.2. The number of carbonyl (C=O) groups excluding carboxylic acids is 1. The Morgan fingerprint density at radius 3 is 2.95 bits per heavy atom. The standard InChI is InChI=1S/C15H12N2O3S/c1-9-8-21-13(17-9)7-16-14(18)11-6-10-4-2-3-5-12(10)20-15(11)19/h2-6,8H,7H2,1H3,(H,16,18). The Balaban J connectivity index is 1.84. The molecule has 1 amide bonds. The molecule has 2 heterocycles. The van der Waals surface area contributed by atoms with E-state index in [2.05, 4.69) is 10.3 Å². The summed E-state index contributed by atoms with van der Waals surface area (Å²) in [5.41, 5.74) is 0.743. The molecular formula is C15H12N2O3S. The summed E-state index contributed by atoms with van der Waals surface area (Å²) in [4.78, 5) is 28.2. The summed E-state index contributed by atoms with van der Waals surface area (Å²) in [5, 5.41) is 6.10. The van der Waals surface area contributed by atoms with Gasteiger partial charge in [0.15, 0.2) is 0 Å². The van der Waals surface area contributed by atoms with Crippen molar-refractivity contribution in [2.24, 2.45) is 0 Å². The summed E-state index contributed by atoms with van der Waals surface area (Å²) in [6.45, 7) is 2.18. The number of hydrogen-bond acceptors (Lipinski definition) is 5. The van der Waals surface area contributed by atoms with Crippen LogP contribution in [0.4, 0.5) is 0 Å².